The van der Waals surface area contributed by atoms with Gasteiger partial charge in [-0.25, -0.2) is 0 Å². The Labute approximate surface area is 166 Å². The number of pyridine rings is 1. The van der Waals surface area contributed by atoms with Crippen LogP contribution < -0.4 is 5.43 Å². The van der Waals surface area contributed by atoms with Gasteiger partial charge < -0.3 is 4.98 Å². The van der Waals surface area contributed by atoms with Gasteiger partial charge in [-0.15, -0.1) is 0 Å². The van der Waals surface area contributed by atoms with Crippen LogP contribution in [0.1, 0.15) is 0 Å². The lowest BCUT2D eigenvalue weighted by Crippen LogP contribution is -2.08. The van der Waals surface area contributed by atoms with Crippen molar-refractivity contribution < 1.29 is 0 Å². The highest BCUT2D eigenvalue weighted by Crippen LogP contribution is 2.35. The Hall–Kier alpha value is -3.30. The van der Waals surface area contributed by atoms with Gasteiger partial charge in [-0.1, -0.05) is 84.6 Å². The molecule has 0 amide bonds. The molecule has 0 saturated carbocycles. The van der Waals surface area contributed by atoms with Crippen LogP contribution in [0.5, 0.6) is 0 Å². The fourth-order valence-electron chi connectivity index (χ4n) is 3.47. The van der Waals surface area contributed by atoms with Gasteiger partial charge in [0.2, 0.25) is 5.43 Å². The molecular formula is C25H17NOS. The van der Waals surface area contributed by atoms with E-state index in [1.165, 1.54) is 22.5 Å². The molecule has 0 spiro atoms. The van der Waals surface area contributed by atoms with Crippen LogP contribution in [0.4, 0.5) is 0 Å². The number of benzene rings is 4. The highest BCUT2D eigenvalue weighted by molar-refractivity contribution is 7.99. The summed E-state index contributed by atoms with van der Waals surface area (Å²) in [6, 6.07) is 32.3. The second kappa shape index (κ2) is 7.02. The summed E-state index contributed by atoms with van der Waals surface area (Å²) in [5, 5.41) is 3.08. The number of hydrogen-bond acceptors (Lipinski definition) is 2. The Bertz CT molecular complexity index is 1360. The molecule has 1 aromatic heterocycles. The number of aromatic amines is 1. The molecule has 0 unspecified atom stereocenters. The van der Waals surface area contributed by atoms with Crippen molar-refractivity contribution in [1.29, 1.82) is 0 Å². The monoisotopic (exact) mass is 379 g/mol. The normalized spacial score (nSPS) is 11.1. The first-order valence-corrected chi connectivity index (χ1v) is 9.98. The number of para-hydroxylation sites is 1. The molecule has 0 aliphatic carbocycles. The van der Waals surface area contributed by atoms with Gasteiger partial charge >= 0.3 is 0 Å². The molecule has 0 fully saturated rings. The van der Waals surface area contributed by atoms with Crippen molar-refractivity contribution in [2.45, 2.75) is 9.79 Å². The van der Waals surface area contributed by atoms with Gasteiger partial charge in [0.25, 0.3) is 0 Å². The van der Waals surface area contributed by atoms with Crippen molar-refractivity contribution in [3.8, 4) is 11.3 Å². The average molecular weight is 379 g/mol. The fourth-order valence-corrected chi connectivity index (χ4v) is 4.50. The molecular weight excluding hydrogens is 362 g/mol. The number of aromatic nitrogens is 1. The van der Waals surface area contributed by atoms with Gasteiger partial charge in [-0.2, -0.15) is 0 Å². The van der Waals surface area contributed by atoms with Crippen molar-refractivity contribution in [1.82, 2.24) is 4.98 Å². The molecule has 134 valence electrons. The zero-order valence-electron chi connectivity index (χ0n) is 15.1. The van der Waals surface area contributed by atoms with Gasteiger partial charge in [0.05, 0.1) is 10.6 Å². The van der Waals surface area contributed by atoms with E-state index >= 15 is 0 Å². The van der Waals surface area contributed by atoms with Crippen LogP contribution in [-0.4, -0.2) is 4.98 Å². The summed E-state index contributed by atoms with van der Waals surface area (Å²) in [5.41, 5.74) is 2.79. The van der Waals surface area contributed by atoms with Crippen LogP contribution in [0.15, 0.2) is 112 Å². The molecule has 2 nitrogen and oxygen atoms in total. The summed E-state index contributed by atoms with van der Waals surface area (Å²) in [4.78, 5) is 18.6. The van der Waals surface area contributed by atoms with Crippen LogP contribution in [0.25, 0.3) is 32.9 Å². The van der Waals surface area contributed by atoms with Crippen LogP contribution >= 0.6 is 11.8 Å². The standard InChI is InChI=1S/C25H17NOS/c27-24-21-12-6-7-13-22(21)26-23(18-9-2-1-3-10-18)25(24)28-20-15-14-17-8-4-5-11-19(17)16-20/h1-16H,(H,26,27). The van der Waals surface area contributed by atoms with Gasteiger partial charge in [0.1, 0.15) is 0 Å². The smallest absolute Gasteiger partial charge is 0.203 e. The maximum absolute atomic E-state index is 13.3. The van der Waals surface area contributed by atoms with Crippen molar-refractivity contribution in [3.05, 3.63) is 107 Å². The first-order valence-electron chi connectivity index (χ1n) is 9.17. The molecule has 0 aliphatic rings. The molecule has 3 heteroatoms. The van der Waals surface area contributed by atoms with Crippen LogP contribution in [0.3, 0.4) is 0 Å². The number of fused-ring (bicyclic) bond motifs is 2. The minimum atomic E-state index is 0.0614. The molecule has 0 radical (unpaired) electrons. The van der Waals surface area contributed by atoms with Crippen molar-refractivity contribution >= 4 is 33.4 Å². The summed E-state index contributed by atoms with van der Waals surface area (Å²) in [5.74, 6) is 0. The van der Waals surface area contributed by atoms with E-state index in [0.29, 0.717) is 5.39 Å². The molecule has 5 aromatic rings. The molecule has 1 heterocycles. The van der Waals surface area contributed by atoms with E-state index in [1.54, 1.807) is 0 Å². The van der Waals surface area contributed by atoms with Crippen LogP contribution in [0.2, 0.25) is 0 Å². The van der Waals surface area contributed by atoms with Crippen LogP contribution in [-0.2, 0) is 0 Å². The third-order valence-corrected chi connectivity index (χ3v) is 5.95. The SMILES string of the molecule is O=c1c(Sc2ccc3ccccc3c2)c(-c2ccccc2)[nH]c2ccccc12. The molecule has 0 aliphatic heterocycles. The Morgan fingerprint density at radius 3 is 2.25 bits per heavy atom. The second-order valence-corrected chi connectivity index (χ2v) is 7.76. The zero-order chi connectivity index (χ0) is 18.9. The molecule has 28 heavy (non-hydrogen) atoms. The number of nitrogens with one attached hydrogen (secondary N) is 1. The van der Waals surface area contributed by atoms with Crippen molar-refractivity contribution in [2.75, 3.05) is 0 Å². The van der Waals surface area contributed by atoms with Crippen molar-refractivity contribution in [3.63, 3.8) is 0 Å². The molecule has 0 saturated heterocycles. The second-order valence-electron chi connectivity index (χ2n) is 6.68. The first-order chi connectivity index (χ1) is 13.8. The van der Waals surface area contributed by atoms with Crippen LogP contribution in [0, 0.1) is 0 Å². The molecule has 0 bridgehead atoms. The van der Waals surface area contributed by atoms with E-state index in [4.69, 9.17) is 0 Å². The Kier molecular flexibility index (Phi) is 4.22. The lowest BCUT2D eigenvalue weighted by atomic mass is 10.1. The molecule has 4 aromatic carbocycles. The quantitative estimate of drug-likeness (QED) is 0.388. The summed E-state index contributed by atoms with van der Waals surface area (Å²) >= 11 is 1.52. The Balaban J connectivity index is 1.72. The number of hydrogen-bond donors (Lipinski definition) is 1. The minimum Gasteiger partial charge on any atom is -0.353 e. The van der Waals surface area contributed by atoms with E-state index in [-0.39, 0.29) is 5.43 Å². The lowest BCUT2D eigenvalue weighted by molar-refractivity contribution is 1.26. The third kappa shape index (κ3) is 3.00. The summed E-state index contributed by atoms with van der Waals surface area (Å²) < 4.78 is 0. The van der Waals surface area contributed by atoms with Gasteiger partial charge in [0, 0.05) is 15.8 Å². The van der Waals surface area contributed by atoms with Gasteiger partial charge in [-0.05, 0) is 40.6 Å². The Morgan fingerprint density at radius 1 is 0.679 bits per heavy atom. The Morgan fingerprint density at radius 2 is 1.39 bits per heavy atom. The molecule has 0 atom stereocenters. The average Bonchev–Trinajstić information content (AvgIpc) is 2.76. The maximum atomic E-state index is 13.3. The van der Waals surface area contributed by atoms with Gasteiger partial charge in [0.15, 0.2) is 0 Å². The molecule has 1 N–H and O–H groups in total. The first kappa shape index (κ1) is 16.8. The number of H-pyrrole nitrogens is 1. The van der Waals surface area contributed by atoms with E-state index in [2.05, 4.69) is 35.3 Å². The highest BCUT2D eigenvalue weighted by atomic mass is 32.2. The summed E-state index contributed by atoms with van der Waals surface area (Å²) in [7, 11) is 0. The molecule has 5 rings (SSSR count). The van der Waals surface area contributed by atoms with Gasteiger partial charge in [-0.3, -0.25) is 4.79 Å². The van der Waals surface area contributed by atoms with Crippen molar-refractivity contribution in [2.24, 2.45) is 0 Å². The predicted molar refractivity (Wildman–Crippen MR) is 118 cm³/mol. The summed E-state index contributed by atoms with van der Waals surface area (Å²) in [6.07, 6.45) is 0. The largest absolute Gasteiger partial charge is 0.353 e. The number of rotatable bonds is 3. The van der Waals surface area contributed by atoms with E-state index < -0.39 is 0 Å². The topological polar surface area (TPSA) is 32.9 Å². The minimum absolute atomic E-state index is 0.0614. The third-order valence-electron chi connectivity index (χ3n) is 4.87. The summed E-state index contributed by atoms with van der Waals surface area (Å²) in [6.45, 7) is 0. The fraction of sp³-hybridized carbons (Fsp3) is 0. The zero-order valence-corrected chi connectivity index (χ0v) is 15.9. The van der Waals surface area contributed by atoms with E-state index in [0.717, 1.165) is 26.6 Å². The lowest BCUT2D eigenvalue weighted by Gasteiger charge is -2.12. The van der Waals surface area contributed by atoms with E-state index in [1.807, 2.05) is 66.7 Å². The highest BCUT2D eigenvalue weighted by Gasteiger charge is 2.15. The predicted octanol–water partition coefficient (Wildman–Crippen LogP) is 6.50. The maximum Gasteiger partial charge on any atom is 0.203 e. The van der Waals surface area contributed by atoms with E-state index in [9.17, 15) is 4.79 Å².